The molecule has 1 heterocycles. The average molecular weight is 338 g/mol. The van der Waals surface area contributed by atoms with Crippen molar-refractivity contribution in [1.29, 1.82) is 0 Å². The van der Waals surface area contributed by atoms with Gasteiger partial charge in [0.1, 0.15) is 0 Å². The summed E-state index contributed by atoms with van der Waals surface area (Å²) in [5, 5.41) is 0.924. The minimum Gasteiger partial charge on any atom is -0.493 e. The van der Waals surface area contributed by atoms with Gasteiger partial charge in [0.15, 0.2) is 11.5 Å². The summed E-state index contributed by atoms with van der Waals surface area (Å²) in [4.78, 5) is 3.99. The summed E-state index contributed by atoms with van der Waals surface area (Å²) in [7, 11) is 1.60. The minimum atomic E-state index is 0.462. The van der Waals surface area contributed by atoms with Crippen LogP contribution >= 0.6 is 23.2 Å². The zero-order chi connectivity index (χ0) is 16.1. The number of pyridine rings is 1. The van der Waals surface area contributed by atoms with E-state index in [1.807, 2.05) is 38.1 Å². The van der Waals surface area contributed by atoms with E-state index >= 15 is 0 Å². The fourth-order valence-electron chi connectivity index (χ4n) is 2.11. The summed E-state index contributed by atoms with van der Waals surface area (Å²) in [6.07, 6.45) is 5.81. The first-order valence-corrected chi connectivity index (χ1v) is 7.67. The SMILES string of the molecule is CC=C(CC)Oc1c(OC)cccc1-c1c(Cl)cncc1Cl. The number of rotatable bonds is 5. The van der Waals surface area contributed by atoms with Gasteiger partial charge in [-0.3, -0.25) is 4.98 Å². The Balaban J connectivity index is 2.66. The molecule has 0 aliphatic carbocycles. The summed E-state index contributed by atoms with van der Waals surface area (Å²) >= 11 is 12.6. The summed E-state index contributed by atoms with van der Waals surface area (Å²) < 4.78 is 11.5. The Kier molecular flexibility index (Phi) is 5.69. The third-order valence-electron chi connectivity index (χ3n) is 3.23. The average Bonchev–Trinajstić information content (AvgIpc) is 2.53. The highest BCUT2D eigenvalue weighted by molar-refractivity contribution is 6.39. The predicted molar refractivity (Wildman–Crippen MR) is 90.9 cm³/mol. The molecule has 2 aromatic rings. The molecule has 5 heteroatoms. The van der Waals surface area contributed by atoms with Gasteiger partial charge in [0.2, 0.25) is 0 Å². The Morgan fingerprint density at radius 1 is 1.23 bits per heavy atom. The van der Waals surface area contributed by atoms with Crippen LogP contribution in [0.2, 0.25) is 10.0 Å². The molecule has 0 spiro atoms. The molecule has 1 aromatic heterocycles. The van der Waals surface area contributed by atoms with Crippen molar-refractivity contribution in [3.63, 3.8) is 0 Å². The lowest BCUT2D eigenvalue weighted by molar-refractivity contribution is 0.355. The van der Waals surface area contributed by atoms with Gasteiger partial charge in [-0.2, -0.15) is 0 Å². The van der Waals surface area contributed by atoms with Gasteiger partial charge in [-0.15, -0.1) is 0 Å². The van der Waals surface area contributed by atoms with Crippen molar-refractivity contribution >= 4 is 23.2 Å². The molecule has 0 fully saturated rings. The number of ether oxygens (including phenoxy) is 2. The molecule has 116 valence electrons. The van der Waals surface area contributed by atoms with E-state index in [1.165, 1.54) is 0 Å². The lowest BCUT2D eigenvalue weighted by Gasteiger charge is -2.17. The third kappa shape index (κ3) is 3.37. The number of benzene rings is 1. The van der Waals surface area contributed by atoms with Crippen molar-refractivity contribution in [2.75, 3.05) is 7.11 Å². The van der Waals surface area contributed by atoms with E-state index in [0.717, 1.165) is 17.7 Å². The smallest absolute Gasteiger partial charge is 0.176 e. The zero-order valence-corrected chi connectivity index (χ0v) is 14.2. The molecule has 0 amide bonds. The van der Waals surface area contributed by atoms with E-state index in [1.54, 1.807) is 19.5 Å². The molecule has 0 unspecified atom stereocenters. The van der Waals surface area contributed by atoms with E-state index in [2.05, 4.69) is 4.98 Å². The molecule has 0 bridgehead atoms. The highest BCUT2D eigenvalue weighted by Gasteiger charge is 2.18. The first-order valence-electron chi connectivity index (χ1n) is 6.91. The molecule has 0 aliphatic rings. The molecule has 0 atom stereocenters. The van der Waals surface area contributed by atoms with Gasteiger partial charge in [-0.1, -0.05) is 42.3 Å². The molecular formula is C17H17Cl2NO2. The van der Waals surface area contributed by atoms with Crippen molar-refractivity contribution in [2.45, 2.75) is 20.3 Å². The van der Waals surface area contributed by atoms with Crippen molar-refractivity contribution in [1.82, 2.24) is 4.98 Å². The summed E-state index contributed by atoms with van der Waals surface area (Å²) in [5.41, 5.74) is 1.45. The van der Waals surface area contributed by atoms with Gasteiger partial charge in [0.25, 0.3) is 0 Å². The number of nitrogens with zero attached hydrogens (tertiary/aromatic N) is 1. The molecular weight excluding hydrogens is 321 g/mol. The molecule has 2 rings (SSSR count). The predicted octanol–water partition coefficient (Wildman–Crippen LogP) is 5.76. The van der Waals surface area contributed by atoms with Crippen molar-refractivity contribution in [2.24, 2.45) is 0 Å². The molecule has 22 heavy (non-hydrogen) atoms. The lowest BCUT2D eigenvalue weighted by Crippen LogP contribution is -1.99. The standard InChI is InChI=1S/C17H17Cl2NO2/c1-4-11(5-2)22-17-12(7-6-8-15(17)21-3)16-13(18)9-20-10-14(16)19/h4,6-10H,5H2,1-3H3. The Bertz CT molecular complexity index is 679. The van der Waals surface area contributed by atoms with E-state index in [4.69, 9.17) is 32.7 Å². The van der Waals surface area contributed by atoms with Gasteiger partial charge in [-0.25, -0.2) is 0 Å². The van der Waals surface area contributed by atoms with Crippen LogP contribution in [0, 0.1) is 0 Å². The van der Waals surface area contributed by atoms with Crippen LogP contribution in [0.4, 0.5) is 0 Å². The maximum Gasteiger partial charge on any atom is 0.176 e. The van der Waals surface area contributed by atoms with Crippen LogP contribution in [0.5, 0.6) is 11.5 Å². The Morgan fingerprint density at radius 3 is 2.45 bits per heavy atom. The first-order chi connectivity index (χ1) is 10.6. The molecule has 0 aliphatic heterocycles. The number of aromatic nitrogens is 1. The van der Waals surface area contributed by atoms with E-state index in [9.17, 15) is 0 Å². The molecule has 0 saturated carbocycles. The number of hydrogen-bond donors (Lipinski definition) is 0. The fraction of sp³-hybridized carbons (Fsp3) is 0.235. The van der Waals surface area contributed by atoms with E-state index in [-0.39, 0.29) is 0 Å². The Labute approximate surface area is 140 Å². The second kappa shape index (κ2) is 7.52. The quantitative estimate of drug-likeness (QED) is 0.650. The van der Waals surface area contributed by atoms with Crippen molar-refractivity contribution in [3.8, 4) is 22.6 Å². The van der Waals surface area contributed by atoms with Crippen LogP contribution in [-0.2, 0) is 0 Å². The largest absolute Gasteiger partial charge is 0.493 e. The van der Waals surface area contributed by atoms with Gasteiger partial charge >= 0.3 is 0 Å². The Morgan fingerprint density at radius 2 is 1.91 bits per heavy atom. The van der Waals surface area contributed by atoms with Crippen LogP contribution in [0.3, 0.4) is 0 Å². The molecule has 3 nitrogen and oxygen atoms in total. The summed E-state index contributed by atoms with van der Waals surface area (Å²) in [6.45, 7) is 3.96. The van der Waals surface area contributed by atoms with Gasteiger partial charge in [0, 0.05) is 29.9 Å². The molecule has 0 N–H and O–H groups in total. The second-order valence-electron chi connectivity index (χ2n) is 4.53. The second-order valence-corrected chi connectivity index (χ2v) is 5.34. The monoisotopic (exact) mass is 337 g/mol. The van der Waals surface area contributed by atoms with E-state index in [0.29, 0.717) is 27.1 Å². The maximum atomic E-state index is 6.28. The third-order valence-corrected chi connectivity index (χ3v) is 3.80. The Hall–Kier alpha value is -1.71. The lowest BCUT2D eigenvalue weighted by atomic mass is 10.1. The fourth-order valence-corrected chi connectivity index (χ4v) is 2.68. The highest BCUT2D eigenvalue weighted by atomic mass is 35.5. The van der Waals surface area contributed by atoms with Crippen LogP contribution in [0.1, 0.15) is 20.3 Å². The summed E-state index contributed by atoms with van der Waals surface area (Å²) in [5.74, 6) is 2.05. The van der Waals surface area contributed by atoms with Crippen LogP contribution in [0.15, 0.2) is 42.4 Å². The minimum absolute atomic E-state index is 0.462. The number of allylic oxidation sites excluding steroid dienone is 2. The van der Waals surface area contributed by atoms with E-state index < -0.39 is 0 Å². The van der Waals surface area contributed by atoms with Crippen LogP contribution in [-0.4, -0.2) is 12.1 Å². The topological polar surface area (TPSA) is 31.4 Å². The summed E-state index contributed by atoms with van der Waals surface area (Å²) in [6, 6.07) is 5.61. The van der Waals surface area contributed by atoms with Gasteiger partial charge < -0.3 is 9.47 Å². The highest BCUT2D eigenvalue weighted by Crippen LogP contribution is 2.44. The number of halogens is 2. The first kappa shape index (κ1) is 16.7. The zero-order valence-electron chi connectivity index (χ0n) is 12.7. The van der Waals surface area contributed by atoms with Crippen molar-refractivity contribution in [3.05, 3.63) is 52.5 Å². The number of methoxy groups -OCH3 is 1. The van der Waals surface area contributed by atoms with Gasteiger partial charge in [-0.05, 0) is 19.1 Å². The van der Waals surface area contributed by atoms with Crippen LogP contribution < -0.4 is 9.47 Å². The molecule has 0 saturated heterocycles. The maximum absolute atomic E-state index is 6.28. The number of para-hydroxylation sites is 1. The van der Waals surface area contributed by atoms with Gasteiger partial charge in [0.05, 0.1) is 22.9 Å². The van der Waals surface area contributed by atoms with Crippen LogP contribution in [0.25, 0.3) is 11.1 Å². The van der Waals surface area contributed by atoms with Crippen molar-refractivity contribution < 1.29 is 9.47 Å². The molecule has 1 aromatic carbocycles. The molecule has 0 radical (unpaired) electrons. The normalized spacial score (nSPS) is 11.4. The number of hydrogen-bond acceptors (Lipinski definition) is 3.